The van der Waals surface area contributed by atoms with Gasteiger partial charge in [0.05, 0.1) is 0 Å². The van der Waals surface area contributed by atoms with Crippen molar-refractivity contribution in [2.75, 3.05) is 0 Å². The largest absolute Gasteiger partial charge is 0.456 e. The van der Waals surface area contributed by atoms with Crippen molar-refractivity contribution in [3.63, 3.8) is 0 Å². The van der Waals surface area contributed by atoms with E-state index in [1.165, 1.54) is 0 Å². The molecule has 0 aliphatic heterocycles. The van der Waals surface area contributed by atoms with E-state index < -0.39 is 0 Å². The van der Waals surface area contributed by atoms with Crippen LogP contribution < -0.4 is 0 Å². The van der Waals surface area contributed by atoms with Gasteiger partial charge >= 0.3 is 0 Å². The van der Waals surface area contributed by atoms with Gasteiger partial charge in [0, 0.05) is 42.7 Å². The third-order valence-corrected chi connectivity index (χ3v) is 7.54. The number of hydrogen-bond donors (Lipinski definition) is 0. The first-order chi connectivity index (χ1) is 19.2. The summed E-state index contributed by atoms with van der Waals surface area (Å²) in [5.41, 5.74) is 6.08. The van der Waals surface area contributed by atoms with Gasteiger partial charge in [-0.2, -0.15) is 0 Å². The first kappa shape index (κ1) is 22.2. The molecule has 0 spiro atoms. The molecule has 0 saturated carbocycles. The summed E-state index contributed by atoms with van der Waals surface area (Å²) >= 11 is 3.53. The molecule has 184 valence electrons. The number of para-hydroxylation sites is 2. The molecule has 39 heavy (non-hydrogen) atoms. The van der Waals surface area contributed by atoms with E-state index in [0.717, 1.165) is 65.0 Å². The molecule has 8 rings (SSSR count). The maximum absolute atomic E-state index is 6.04. The summed E-state index contributed by atoms with van der Waals surface area (Å²) in [5, 5.41) is 4.19. The Morgan fingerprint density at radius 3 is 1.33 bits per heavy atom. The lowest BCUT2D eigenvalue weighted by molar-refractivity contribution is 0.668. The van der Waals surface area contributed by atoms with Crippen molar-refractivity contribution >= 4 is 59.8 Å². The molecular formula is C33H18BrN3O2. The van der Waals surface area contributed by atoms with Crippen LogP contribution >= 0.6 is 15.9 Å². The fourth-order valence-corrected chi connectivity index (χ4v) is 5.36. The summed E-state index contributed by atoms with van der Waals surface area (Å²) in [6.07, 6.45) is 0. The molecule has 3 heterocycles. The quantitative estimate of drug-likeness (QED) is 0.212. The van der Waals surface area contributed by atoms with E-state index in [1.54, 1.807) is 0 Å². The number of rotatable bonds is 3. The zero-order valence-corrected chi connectivity index (χ0v) is 22.0. The number of aromatic nitrogens is 3. The van der Waals surface area contributed by atoms with Crippen LogP contribution in [-0.2, 0) is 0 Å². The number of halogens is 1. The Kier molecular flexibility index (Phi) is 4.90. The molecule has 0 aliphatic carbocycles. The first-order valence-electron chi connectivity index (χ1n) is 12.5. The van der Waals surface area contributed by atoms with Crippen molar-refractivity contribution in [3.8, 4) is 34.2 Å². The maximum Gasteiger partial charge on any atom is 0.164 e. The second kappa shape index (κ2) is 8.61. The van der Waals surface area contributed by atoms with Gasteiger partial charge in [-0.1, -0.05) is 64.5 Å². The van der Waals surface area contributed by atoms with Crippen molar-refractivity contribution in [2.24, 2.45) is 0 Å². The van der Waals surface area contributed by atoms with Gasteiger partial charge in [-0.15, -0.1) is 0 Å². The fourth-order valence-electron chi connectivity index (χ4n) is 5.09. The number of fused-ring (bicyclic) bond motifs is 6. The Morgan fingerprint density at radius 1 is 0.410 bits per heavy atom. The van der Waals surface area contributed by atoms with Crippen LogP contribution in [0.15, 0.2) is 123 Å². The number of nitrogens with zero attached hydrogens (tertiary/aromatic N) is 3. The normalized spacial score (nSPS) is 11.7. The predicted octanol–water partition coefficient (Wildman–Crippen LogP) is 9.43. The molecule has 8 aromatic rings. The van der Waals surface area contributed by atoms with Gasteiger partial charge in [0.15, 0.2) is 17.5 Å². The summed E-state index contributed by atoms with van der Waals surface area (Å²) < 4.78 is 13.1. The van der Waals surface area contributed by atoms with E-state index in [-0.39, 0.29) is 0 Å². The zero-order valence-electron chi connectivity index (χ0n) is 20.4. The topological polar surface area (TPSA) is 65.0 Å². The van der Waals surface area contributed by atoms with E-state index in [1.807, 2.05) is 84.9 Å². The monoisotopic (exact) mass is 567 g/mol. The highest BCUT2D eigenvalue weighted by Crippen LogP contribution is 2.34. The zero-order chi connectivity index (χ0) is 25.9. The second-order valence-corrected chi connectivity index (χ2v) is 10.3. The van der Waals surface area contributed by atoms with Crippen LogP contribution in [0.1, 0.15) is 0 Å². The van der Waals surface area contributed by atoms with Gasteiger partial charge in [-0.25, -0.2) is 15.0 Å². The highest BCUT2D eigenvalue weighted by molar-refractivity contribution is 9.10. The molecule has 0 saturated heterocycles. The minimum atomic E-state index is 0.599. The minimum absolute atomic E-state index is 0.599. The standard InChI is InChI=1S/C33H18BrN3O2/c34-22-13-9-19(10-14-22)31-35-32(20-11-15-29-25(17-20)23-5-1-3-7-27(23)38-29)37-33(36-31)21-12-16-30-26(18-21)24-6-2-4-8-28(24)39-30/h1-18H. The maximum atomic E-state index is 6.04. The van der Waals surface area contributed by atoms with E-state index in [4.69, 9.17) is 23.8 Å². The van der Waals surface area contributed by atoms with Crippen LogP contribution in [0.3, 0.4) is 0 Å². The van der Waals surface area contributed by atoms with Gasteiger partial charge in [0.25, 0.3) is 0 Å². The van der Waals surface area contributed by atoms with Gasteiger partial charge in [-0.3, -0.25) is 0 Å². The Labute approximate surface area is 230 Å². The van der Waals surface area contributed by atoms with Crippen LogP contribution in [0.2, 0.25) is 0 Å². The van der Waals surface area contributed by atoms with E-state index in [0.29, 0.717) is 17.5 Å². The average Bonchev–Trinajstić information content (AvgIpc) is 3.55. The van der Waals surface area contributed by atoms with Crippen LogP contribution in [0.5, 0.6) is 0 Å². The van der Waals surface area contributed by atoms with Gasteiger partial charge in [-0.05, 0) is 60.7 Å². The molecule has 6 heteroatoms. The lowest BCUT2D eigenvalue weighted by atomic mass is 10.1. The number of hydrogen-bond acceptors (Lipinski definition) is 5. The lowest BCUT2D eigenvalue weighted by Crippen LogP contribution is -2.00. The predicted molar refractivity (Wildman–Crippen MR) is 158 cm³/mol. The molecule has 0 fully saturated rings. The lowest BCUT2D eigenvalue weighted by Gasteiger charge is -2.09. The SMILES string of the molecule is Brc1ccc(-c2nc(-c3ccc4oc5ccccc5c4c3)nc(-c3ccc4oc5ccccc5c4c3)n2)cc1. The third kappa shape index (κ3) is 3.72. The third-order valence-electron chi connectivity index (χ3n) is 7.01. The van der Waals surface area contributed by atoms with Gasteiger partial charge < -0.3 is 8.83 Å². The number of benzene rings is 5. The van der Waals surface area contributed by atoms with Crippen LogP contribution in [0.25, 0.3) is 78.0 Å². The Morgan fingerprint density at radius 2 is 0.821 bits per heavy atom. The highest BCUT2D eigenvalue weighted by atomic mass is 79.9. The van der Waals surface area contributed by atoms with Crippen molar-refractivity contribution < 1.29 is 8.83 Å². The summed E-state index contributed by atoms with van der Waals surface area (Å²) in [5.74, 6) is 1.81. The first-order valence-corrected chi connectivity index (χ1v) is 13.3. The van der Waals surface area contributed by atoms with Crippen LogP contribution in [-0.4, -0.2) is 15.0 Å². The van der Waals surface area contributed by atoms with Crippen molar-refractivity contribution in [1.82, 2.24) is 15.0 Å². The molecule has 0 radical (unpaired) electrons. The van der Waals surface area contributed by atoms with Crippen molar-refractivity contribution in [1.29, 1.82) is 0 Å². The minimum Gasteiger partial charge on any atom is -0.456 e. The Balaban J connectivity index is 1.35. The molecule has 0 N–H and O–H groups in total. The molecule has 3 aromatic heterocycles. The molecule has 0 aliphatic rings. The Bertz CT molecular complexity index is 2060. The molecule has 0 bridgehead atoms. The van der Waals surface area contributed by atoms with Crippen molar-refractivity contribution in [2.45, 2.75) is 0 Å². The average molecular weight is 568 g/mol. The van der Waals surface area contributed by atoms with E-state index in [9.17, 15) is 0 Å². The van der Waals surface area contributed by atoms with E-state index in [2.05, 4.69) is 40.2 Å². The highest BCUT2D eigenvalue weighted by Gasteiger charge is 2.16. The summed E-state index contributed by atoms with van der Waals surface area (Å²) in [7, 11) is 0. The molecule has 0 amide bonds. The summed E-state index contributed by atoms with van der Waals surface area (Å²) in [4.78, 5) is 14.8. The number of furan rings is 2. The van der Waals surface area contributed by atoms with Gasteiger partial charge in [0.2, 0.25) is 0 Å². The second-order valence-electron chi connectivity index (χ2n) is 9.43. The Hall–Kier alpha value is -4.81. The summed E-state index contributed by atoms with van der Waals surface area (Å²) in [6, 6.07) is 36.3. The van der Waals surface area contributed by atoms with Crippen LogP contribution in [0.4, 0.5) is 0 Å². The molecule has 0 atom stereocenters. The van der Waals surface area contributed by atoms with Crippen LogP contribution in [0, 0.1) is 0 Å². The van der Waals surface area contributed by atoms with Gasteiger partial charge in [0.1, 0.15) is 22.3 Å². The molecular weight excluding hydrogens is 550 g/mol. The van der Waals surface area contributed by atoms with E-state index >= 15 is 0 Å². The summed E-state index contributed by atoms with van der Waals surface area (Å²) in [6.45, 7) is 0. The fraction of sp³-hybridized carbons (Fsp3) is 0. The molecule has 5 aromatic carbocycles. The smallest absolute Gasteiger partial charge is 0.164 e. The van der Waals surface area contributed by atoms with Crippen molar-refractivity contribution in [3.05, 3.63) is 114 Å². The molecule has 5 nitrogen and oxygen atoms in total. The molecule has 0 unspecified atom stereocenters.